The van der Waals surface area contributed by atoms with Crippen LogP contribution in [-0.2, 0) is 28.4 Å². The van der Waals surface area contributed by atoms with Crippen molar-refractivity contribution in [3.8, 4) is 5.75 Å². The maximum atomic E-state index is 14.8. The van der Waals surface area contributed by atoms with Gasteiger partial charge >= 0.3 is 18.3 Å². The average molecular weight is 704 g/mol. The van der Waals surface area contributed by atoms with Gasteiger partial charge in [-0.25, -0.2) is 4.79 Å². The fourth-order valence-electron chi connectivity index (χ4n) is 6.40. The molecule has 1 fully saturated rings. The van der Waals surface area contributed by atoms with Crippen molar-refractivity contribution >= 4 is 40.7 Å². The molecule has 0 spiro atoms. The lowest BCUT2D eigenvalue weighted by Gasteiger charge is -2.51. The molecule has 252 valence electrons. The van der Waals surface area contributed by atoms with Gasteiger partial charge in [0, 0.05) is 42.2 Å². The summed E-state index contributed by atoms with van der Waals surface area (Å²) in [4.78, 5) is 46.3. The van der Waals surface area contributed by atoms with E-state index in [2.05, 4.69) is 4.98 Å². The van der Waals surface area contributed by atoms with Gasteiger partial charge in [0.1, 0.15) is 16.3 Å². The first-order chi connectivity index (χ1) is 22.1. The lowest BCUT2D eigenvalue weighted by Crippen LogP contribution is -2.69. The van der Waals surface area contributed by atoms with Crippen LogP contribution in [0.3, 0.4) is 0 Å². The first kappa shape index (κ1) is 34.5. The zero-order valence-electron chi connectivity index (χ0n) is 24.7. The van der Waals surface area contributed by atoms with Gasteiger partial charge in [0.25, 0.3) is 11.8 Å². The summed E-state index contributed by atoms with van der Waals surface area (Å²) in [6, 6.07) is 4.09. The molecule has 1 unspecified atom stereocenters. The Balaban J connectivity index is 1.65. The number of piperidine rings is 1. The Morgan fingerprint density at radius 3 is 2.47 bits per heavy atom. The number of pyridine rings is 1. The molecule has 2 aliphatic heterocycles. The highest BCUT2D eigenvalue weighted by Gasteiger charge is 2.57. The lowest BCUT2D eigenvalue weighted by atomic mass is 9.78. The third-order valence-corrected chi connectivity index (χ3v) is 9.53. The molecule has 1 aromatic carbocycles. The average Bonchev–Trinajstić information content (AvgIpc) is 3.49. The highest BCUT2D eigenvalue weighted by atomic mass is 35.5. The molecular formula is C31H28ClF6N3O5S. The molecule has 47 heavy (non-hydrogen) atoms. The summed E-state index contributed by atoms with van der Waals surface area (Å²) in [6.07, 6.45) is -8.37. The number of alkyl halides is 6. The van der Waals surface area contributed by atoms with Crippen LogP contribution in [0, 0.1) is 0 Å². The number of likely N-dealkylation sites (tertiary alicyclic amines) is 1. The largest absolute Gasteiger partial charge is 0.479 e. The van der Waals surface area contributed by atoms with Crippen molar-refractivity contribution in [2.45, 2.75) is 69.1 Å². The molecule has 4 heterocycles. The van der Waals surface area contributed by atoms with E-state index in [1.165, 1.54) is 12.1 Å². The van der Waals surface area contributed by atoms with Gasteiger partial charge in [0.2, 0.25) is 5.60 Å². The number of hydrogen-bond donors (Lipinski definition) is 1. The molecule has 8 nitrogen and oxygen atoms in total. The molecule has 16 heteroatoms. The fraction of sp³-hybridized carbons (Fsp3) is 0.419. The van der Waals surface area contributed by atoms with Gasteiger partial charge in [-0.3, -0.25) is 14.6 Å². The maximum Gasteiger partial charge on any atom is 0.425 e. The number of aliphatic carboxylic acids is 1. The number of benzene rings is 1. The molecule has 2 aliphatic rings. The number of halogens is 7. The van der Waals surface area contributed by atoms with E-state index in [9.17, 15) is 45.8 Å². The van der Waals surface area contributed by atoms with E-state index in [-0.39, 0.29) is 56.5 Å². The predicted octanol–water partition coefficient (Wildman–Crippen LogP) is 7.27. The predicted molar refractivity (Wildman–Crippen MR) is 158 cm³/mol. The van der Waals surface area contributed by atoms with Crippen molar-refractivity contribution in [1.82, 2.24) is 14.8 Å². The van der Waals surface area contributed by atoms with Crippen LogP contribution in [0.2, 0.25) is 5.02 Å². The molecule has 3 atom stereocenters. The minimum atomic E-state index is -4.94. The number of ether oxygens (including phenoxy) is 1. The maximum absolute atomic E-state index is 14.8. The molecule has 0 saturated carbocycles. The number of amides is 2. The van der Waals surface area contributed by atoms with Crippen LogP contribution >= 0.6 is 22.9 Å². The molecule has 2 aromatic heterocycles. The quantitative estimate of drug-likeness (QED) is 0.260. The molecule has 3 aromatic rings. The summed E-state index contributed by atoms with van der Waals surface area (Å²) in [6.45, 7) is 1.44. The first-order valence-electron chi connectivity index (χ1n) is 14.6. The summed E-state index contributed by atoms with van der Waals surface area (Å²) in [7, 11) is 0. The van der Waals surface area contributed by atoms with E-state index in [1.54, 1.807) is 13.0 Å². The molecular weight excluding hydrogens is 676 g/mol. The van der Waals surface area contributed by atoms with Gasteiger partial charge in [-0.2, -0.15) is 26.3 Å². The molecule has 1 N–H and O–H groups in total. The molecule has 5 rings (SSSR count). The van der Waals surface area contributed by atoms with E-state index in [4.69, 9.17) is 16.3 Å². The third-order valence-electron chi connectivity index (χ3n) is 8.35. The van der Waals surface area contributed by atoms with E-state index in [1.807, 2.05) is 0 Å². The molecule has 2 amide bonds. The fourth-order valence-corrected chi connectivity index (χ4v) is 7.27. The Morgan fingerprint density at radius 2 is 1.83 bits per heavy atom. The number of hydrogen-bond acceptors (Lipinski definition) is 6. The number of thiophene rings is 1. The summed E-state index contributed by atoms with van der Waals surface area (Å²) in [5.41, 5.74) is -3.53. The number of carbonyl (C=O) groups excluding carboxylic acids is 2. The van der Waals surface area contributed by atoms with Crippen LogP contribution in [0.15, 0.2) is 48.0 Å². The SMILES string of the molecule is CCC[C@H]1N(C(=O)c2ncccc2C(F)(F)F)CCC[C@]1(Oc1csc(C(F)(F)F)c1)C(=O)N1CCc2cc(Cl)ccc2C1C(=O)O. The van der Waals surface area contributed by atoms with E-state index < -0.39 is 64.0 Å². The van der Waals surface area contributed by atoms with Crippen LogP contribution in [0.5, 0.6) is 5.75 Å². The standard InChI is InChI=1S/C31H28ClF6N3O5S/c1-2-5-22-29(46-19-15-23(47-16-19)31(36,37)38,10-4-12-40(22)26(42)24-21(30(33,34)35)6-3-11-39-24)28(45)41-13-9-17-14-18(32)7-8-20(17)25(41)27(43)44/h3,6-8,11,14-16,22,25H,2,4-5,9-10,12-13H2,1H3,(H,43,44)/t22-,25?,29-/m1/s1. The first-order valence-corrected chi connectivity index (χ1v) is 15.8. The number of carboxylic acid groups (broad SMARTS) is 1. The van der Waals surface area contributed by atoms with Crippen molar-refractivity contribution in [3.05, 3.63) is 80.3 Å². The zero-order chi connectivity index (χ0) is 34.3. The Labute approximate surface area is 273 Å². The van der Waals surface area contributed by atoms with Crippen LogP contribution in [0.25, 0.3) is 0 Å². The highest BCUT2D eigenvalue weighted by molar-refractivity contribution is 7.10. The van der Waals surface area contributed by atoms with Crippen molar-refractivity contribution in [3.63, 3.8) is 0 Å². The molecule has 1 saturated heterocycles. The number of carbonyl (C=O) groups is 3. The summed E-state index contributed by atoms with van der Waals surface area (Å²) in [5.74, 6) is -3.81. The van der Waals surface area contributed by atoms with Crippen molar-refractivity contribution in [2.75, 3.05) is 13.1 Å². The number of nitrogens with zero attached hydrogens (tertiary/aromatic N) is 3. The number of carboxylic acids is 1. The number of rotatable bonds is 7. The molecule has 0 bridgehead atoms. The van der Waals surface area contributed by atoms with Crippen molar-refractivity contribution < 1.29 is 50.6 Å². The van der Waals surface area contributed by atoms with Crippen LogP contribution in [0.1, 0.15) is 70.7 Å². The summed E-state index contributed by atoms with van der Waals surface area (Å²) < 4.78 is 88.8. The number of fused-ring (bicyclic) bond motifs is 1. The van der Waals surface area contributed by atoms with Gasteiger partial charge < -0.3 is 19.6 Å². The van der Waals surface area contributed by atoms with E-state index >= 15 is 0 Å². The highest BCUT2D eigenvalue weighted by Crippen LogP contribution is 2.44. The summed E-state index contributed by atoms with van der Waals surface area (Å²) in [5, 5.41) is 11.7. The van der Waals surface area contributed by atoms with Crippen molar-refractivity contribution in [2.24, 2.45) is 0 Å². The lowest BCUT2D eigenvalue weighted by molar-refractivity contribution is -0.168. The van der Waals surface area contributed by atoms with E-state index in [0.717, 1.165) is 27.4 Å². The topological polar surface area (TPSA) is 100 Å². The van der Waals surface area contributed by atoms with Crippen LogP contribution in [0.4, 0.5) is 26.3 Å². The van der Waals surface area contributed by atoms with Gasteiger partial charge in [0.05, 0.1) is 11.6 Å². The molecule has 0 radical (unpaired) electrons. The monoisotopic (exact) mass is 703 g/mol. The van der Waals surface area contributed by atoms with E-state index in [0.29, 0.717) is 34.1 Å². The normalized spacial score (nSPS) is 21.7. The summed E-state index contributed by atoms with van der Waals surface area (Å²) >= 11 is 6.44. The van der Waals surface area contributed by atoms with Gasteiger partial charge in [0.15, 0.2) is 6.04 Å². The van der Waals surface area contributed by atoms with Gasteiger partial charge in [-0.15, -0.1) is 11.3 Å². The molecule has 0 aliphatic carbocycles. The minimum Gasteiger partial charge on any atom is -0.479 e. The second kappa shape index (κ2) is 13.0. The second-order valence-corrected chi connectivity index (χ2v) is 12.6. The minimum absolute atomic E-state index is 0.0000822. The smallest absolute Gasteiger partial charge is 0.425 e. The Bertz CT molecular complexity index is 1680. The second-order valence-electron chi connectivity index (χ2n) is 11.3. The number of aromatic nitrogens is 1. The Kier molecular flexibility index (Phi) is 9.52. The zero-order valence-corrected chi connectivity index (χ0v) is 26.3. The van der Waals surface area contributed by atoms with Gasteiger partial charge in [-0.05, 0) is 54.7 Å². The van der Waals surface area contributed by atoms with Crippen molar-refractivity contribution in [1.29, 1.82) is 0 Å². The third kappa shape index (κ3) is 6.64. The van der Waals surface area contributed by atoms with Crippen LogP contribution in [-0.4, -0.2) is 62.4 Å². The Morgan fingerprint density at radius 1 is 1.09 bits per heavy atom. The Hall–Kier alpha value is -3.85. The van der Waals surface area contributed by atoms with Gasteiger partial charge in [-0.1, -0.05) is 31.0 Å². The van der Waals surface area contributed by atoms with Crippen LogP contribution < -0.4 is 4.74 Å².